The van der Waals surface area contributed by atoms with Gasteiger partial charge in [0.25, 0.3) is 5.91 Å². The maximum Gasteiger partial charge on any atom is 0.393 e. The highest BCUT2D eigenvalue weighted by Gasteiger charge is 2.42. The third-order valence-electron chi connectivity index (χ3n) is 3.35. The van der Waals surface area contributed by atoms with E-state index < -0.39 is 18.0 Å². The van der Waals surface area contributed by atoms with Gasteiger partial charge in [0.05, 0.1) is 16.5 Å². The molecule has 1 aliphatic rings. The molecule has 1 fully saturated rings. The van der Waals surface area contributed by atoms with Crippen molar-refractivity contribution in [2.45, 2.75) is 19.0 Å². The number of carbonyl (C=O) groups excluding carboxylic acids is 1. The first kappa shape index (κ1) is 15.0. The number of rotatable bonds is 1. The second kappa shape index (κ2) is 5.52. The van der Waals surface area contributed by atoms with Crippen molar-refractivity contribution in [1.29, 1.82) is 0 Å². The van der Waals surface area contributed by atoms with Gasteiger partial charge in [0.15, 0.2) is 0 Å². The molecule has 0 radical (unpaired) electrons. The Hall–Kier alpha value is -1.43. The Labute approximate surface area is 118 Å². The fourth-order valence-corrected chi connectivity index (χ4v) is 2.47. The minimum Gasteiger partial charge on any atom is -0.508 e. The van der Waals surface area contributed by atoms with Gasteiger partial charge in [0.2, 0.25) is 0 Å². The van der Waals surface area contributed by atoms with Crippen LogP contribution in [0.5, 0.6) is 5.75 Å². The van der Waals surface area contributed by atoms with Gasteiger partial charge in [0, 0.05) is 13.1 Å². The average Bonchev–Trinajstić information content (AvgIpc) is 2.40. The maximum atomic E-state index is 12.7. The molecule has 7 heteroatoms. The highest BCUT2D eigenvalue weighted by Crippen LogP contribution is 2.34. The van der Waals surface area contributed by atoms with Crippen LogP contribution in [-0.4, -0.2) is 35.2 Å². The van der Waals surface area contributed by atoms with Crippen LogP contribution in [0.2, 0.25) is 5.02 Å². The number of aromatic hydroxyl groups is 1. The number of phenols is 1. The lowest BCUT2D eigenvalue weighted by Crippen LogP contribution is -2.44. The molecule has 20 heavy (non-hydrogen) atoms. The average molecular weight is 308 g/mol. The molecule has 1 unspecified atom stereocenters. The van der Waals surface area contributed by atoms with E-state index in [-0.39, 0.29) is 35.8 Å². The summed E-state index contributed by atoms with van der Waals surface area (Å²) in [4.78, 5) is 13.3. The first-order valence-corrected chi connectivity index (χ1v) is 6.51. The molecule has 0 spiro atoms. The largest absolute Gasteiger partial charge is 0.508 e. The van der Waals surface area contributed by atoms with Gasteiger partial charge in [0.1, 0.15) is 5.75 Å². The molecular weight excluding hydrogens is 295 g/mol. The molecule has 0 bridgehead atoms. The van der Waals surface area contributed by atoms with Gasteiger partial charge in [-0.25, -0.2) is 0 Å². The van der Waals surface area contributed by atoms with Gasteiger partial charge in [-0.05, 0) is 31.0 Å². The summed E-state index contributed by atoms with van der Waals surface area (Å²) >= 11 is 5.86. The number of alkyl halides is 3. The number of nitrogens with zero attached hydrogens (tertiary/aromatic N) is 1. The molecule has 1 aromatic carbocycles. The second-order valence-electron chi connectivity index (χ2n) is 4.80. The van der Waals surface area contributed by atoms with Crippen molar-refractivity contribution in [3.05, 3.63) is 28.8 Å². The van der Waals surface area contributed by atoms with Crippen molar-refractivity contribution in [3.63, 3.8) is 0 Å². The molecular formula is C13H13ClF3NO2. The van der Waals surface area contributed by atoms with Crippen LogP contribution in [0.3, 0.4) is 0 Å². The summed E-state index contributed by atoms with van der Waals surface area (Å²) in [6, 6.07) is 3.82. The third-order valence-corrected chi connectivity index (χ3v) is 3.68. The molecule has 0 aliphatic carbocycles. The number of halogens is 4. The molecule has 2 rings (SSSR count). The van der Waals surface area contributed by atoms with E-state index in [2.05, 4.69) is 0 Å². The Morgan fingerprint density at radius 1 is 1.40 bits per heavy atom. The quantitative estimate of drug-likeness (QED) is 0.863. The van der Waals surface area contributed by atoms with Crippen molar-refractivity contribution in [1.82, 2.24) is 4.90 Å². The molecule has 1 saturated heterocycles. The molecule has 1 heterocycles. The fourth-order valence-electron chi connectivity index (χ4n) is 2.28. The van der Waals surface area contributed by atoms with E-state index in [0.717, 1.165) is 4.90 Å². The summed E-state index contributed by atoms with van der Waals surface area (Å²) in [6.07, 6.45) is -3.98. The maximum absolute atomic E-state index is 12.7. The molecule has 1 atom stereocenters. The number of piperidine rings is 1. The Kier molecular flexibility index (Phi) is 4.13. The standard InChI is InChI=1S/C13H13ClF3NO2/c14-11-4-3-9(19)6-10(11)12(20)18-5-1-2-8(7-18)13(15,16)17/h3-4,6,8,19H,1-2,5,7H2. The summed E-state index contributed by atoms with van der Waals surface area (Å²) in [6.45, 7) is -0.105. The van der Waals surface area contributed by atoms with Crippen LogP contribution in [0.1, 0.15) is 23.2 Å². The number of hydrogen-bond donors (Lipinski definition) is 1. The summed E-state index contributed by atoms with van der Waals surface area (Å²) < 4.78 is 38.2. The summed E-state index contributed by atoms with van der Waals surface area (Å²) in [5, 5.41) is 9.47. The Balaban J connectivity index is 2.18. The third kappa shape index (κ3) is 3.17. The van der Waals surface area contributed by atoms with Gasteiger partial charge in [-0.2, -0.15) is 13.2 Å². The molecule has 1 N–H and O–H groups in total. The lowest BCUT2D eigenvalue weighted by Gasteiger charge is -2.33. The number of amides is 1. The van der Waals surface area contributed by atoms with Crippen LogP contribution in [0, 0.1) is 5.92 Å². The summed E-state index contributed by atoms with van der Waals surface area (Å²) in [5.41, 5.74) is 0.0227. The van der Waals surface area contributed by atoms with Crippen molar-refractivity contribution < 1.29 is 23.1 Å². The molecule has 110 valence electrons. The lowest BCUT2D eigenvalue weighted by atomic mass is 9.97. The Bertz CT molecular complexity index is 519. The zero-order chi connectivity index (χ0) is 14.9. The highest BCUT2D eigenvalue weighted by atomic mass is 35.5. The van der Waals surface area contributed by atoms with Gasteiger partial charge in [-0.1, -0.05) is 11.6 Å². The van der Waals surface area contributed by atoms with Crippen molar-refractivity contribution >= 4 is 17.5 Å². The van der Waals surface area contributed by atoms with Gasteiger partial charge in [-0.15, -0.1) is 0 Å². The van der Waals surface area contributed by atoms with E-state index in [4.69, 9.17) is 11.6 Å². The number of carbonyl (C=O) groups is 1. The minimum atomic E-state index is -4.30. The van der Waals surface area contributed by atoms with Crippen molar-refractivity contribution in [2.24, 2.45) is 5.92 Å². The van der Waals surface area contributed by atoms with Gasteiger partial charge < -0.3 is 10.0 Å². The van der Waals surface area contributed by atoms with Crippen LogP contribution in [0.25, 0.3) is 0 Å². The second-order valence-corrected chi connectivity index (χ2v) is 5.20. The van der Waals surface area contributed by atoms with Gasteiger partial charge >= 0.3 is 6.18 Å². The van der Waals surface area contributed by atoms with E-state index in [1.807, 2.05) is 0 Å². The summed E-state index contributed by atoms with van der Waals surface area (Å²) in [5.74, 6) is -2.24. The van der Waals surface area contributed by atoms with Crippen molar-refractivity contribution in [3.8, 4) is 5.75 Å². The SMILES string of the molecule is O=C(c1cc(O)ccc1Cl)N1CCCC(C(F)(F)F)C1. The van der Waals surface area contributed by atoms with Crippen LogP contribution in [-0.2, 0) is 0 Å². The van der Waals surface area contributed by atoms with E-state index >= 15 is 0 Å². The molecule has 0 saturated carbocycles. The Morgan fingerprint density at radius 2 is 2.10 bits per heavy atom. The monoisotopic (exact) mass is 307 g/mol. The predicted molar refractivity (Wildman–Crippen MR) is 67.8 cm³/mol. The molecule has 0 aromatic heterocycles. The van der Waals surface area contributed by atoms with Crippen molar-refractivity contribution in [2.75, 3.05) is 13.1 Å². The van der Waals surface area contributed by atoms with Crippen LogP contribution in [0.4, 0.5) is 13.2 Å². The zero-order valence-corrected chi connectivity index (χ0v) is 11.2. The van der Waals surface area contributed by atoms with E-state index in [1.165, 1.54) is 18.2 Å². The van der Waals surface area contributed by atoms with Crippen LogP contribution < -0.4 is 0 Å². The first-order valence-electron chi connectivity index (χ1n) is 6.13. The predicted octanol–water partition coefficient (Wildman–Crippen LogP) is 3.46. The normalized spacial score (nSPS) is 20.0. The van der Waals surface area contributed by atoms with E-state index in [0.29, 0.717) is 6.42 Å². The lowest BCUT2D eigenvalue weighted by molar-refractivity contribution is -0.184. The van der Waals surface area contributed by atoms with E-state index in [1.54, 1.807) is 0 Å². The van der Waals surface area contributed by atoms with Gasteiger partial charge in [-0.3, -0.25) is 4.79 Å². The highest BCUT2D eigenvalue weighted by molar-refractivity contribution is 6.33. The number of likely N-dealkylation sites (tertiary alicyclic amines) is 1. The summed E-state index contributed by atoms with van der Waals surface area (Å²) in [7, 11) is 0. The molecule has 1 amide bonds. The first-order chi connectivity index (χ1) is 9.29. The smallest absolute Gasteiger partial charge is 0.393 e. The van der Waals surface area contributed by atoms with E-state index in [9.17, 15) is 23.1 Å². The Morgan fingerprint density at radius 3 is 2.75 bits per heavy atom. The fraction of sp³-hybridized carbons (Fsp3) is 0.462. The van der Waals surface area contributed by atoms with Crippen LogP contribution in [0.15, 0.2) is 18.2 Å². The topological polar surface area (TPSA) is 40.5 Å². The zero-order valence-electron chi connectivity index (χ0n) is 10.5. The molecule has 3 nitrogen and oxygen atoms in total. The number of hydrogen-bond acceptors (Lipinski definition) is 2. The molecule has 1 aromatic rings. The van der Waals surface area contributed by atoms with Crippen LogP contribution >= 0.6 is 11.6 Å². The number of phenolic OH excluding ortho intramolecular Hbond substituents is 1. The minimum absolute atomic E-state index is 0.0227. The molecule has 1 aliphatic heterocycles. The number of benzene rings is 1.